The van der Waals surface area contributed by atoms with Crippen LogP contribution in [0.1, 0.15) is 50.6 Å². The van der Waals surface area contributed by atoms with Crippen LogP contribution in [0.25, 0.3) is 0 Å². The Labute approximate surface area is 146 Å². The van der Waals surface area contributed by atoms with Crippen LogP contribution < -0.4 is 10.6 Å². The lowest BCUT2D eigenvalue weighted by molar-refractivity contribution is 0.292. The van der Waals surface area contributed by atoms with Crippen molar-refractivity contribution in [2.24, 2.45) is 18.0 Å². The van der Waals surface area contributed by atoms with Crippen LogP contribution in [0, 0.1) is 5.92 Å². The van der Waals surface area contributed by atoms with Crippen molar-refractivity contribution in [2.75, 3.05) is 27.7 Å². The van der Waals surface area contributed by atoms with E-state index in [1.165, 1.54) is 37.7 Å². The Morgan fingerprint density at radius 3 is 2.58 bits per heavy atom. The average Bonchev–Trinajstić information content (AvgIpc) is 3.00. The third-order valence-electron chi connectivity index (χ3n) is 5.18. The SMILES string of the molecule is CCC1CCC(NC(=NC)NCC(c2cnn(C)c2)N(C)C)CC1. The van der Waals surface area contributed by atoms with Gasteiger partial charge in [-0.15, -0.1) is 0 Å². The van der Waals surface area contributed by atoms with Gasteiger partial charge in [0.15, 0.2) is 5.96 Å². The summed E-state index contributed by atoms with van der Waals surface area (Å²) in [4.78, 5) is 6.62. The van der Waals surface area contributed by atoms with Gasteiger partial charge in [-0.3, -0.25) is 9.67 Å². The van der Waals surface area contributed by atoms with E-state index in [9.17, 15) is 0 Å². The number of aliphatic imine (C=N–C) groups is 1. The molecule has 0 radical (unpaired) electrons. The molecule has 6 nitrogen and oxygen atoms in total. The third kappa shape index (κ3) is 5.23. The van der Waals surface area contributed by atoms with Crippen molar-refractivity contribution in [1.82, 2.24) is 25.3 Å². The van der Waals surface area contributed by atoms with E-state index in [4.69, 9.17) is 0 Å². The first-order valence-corrected chi connectivity index (χ1v) is 9.15. The van der Waals surface area contributed by atoms with Crippen molar-refractivity contribution in [3.8, 4) is 0 Å². The largest absolute Gasteiger partial charge is 0.354 e. The molecule has 2 N–H and O–H groups in total. The molecule has 6 heteroatoms. The smallest absolute Gasteiger partial charge is 0.191 e. The molecule has 24 heavy (non-hydrogen) atoms. The molecule has 1 saturated carbocycles. The summed E-state index contributed by atoms with van der Waals surface area (Å²) in [6.07, 6.45) is 10.5. The van der Waals surface area contributed by atoms with Crippen LogP contribution in [0.2, 0.25) is 0 Å². The predicted octanol–water partition coefficient (Wildman–Crippen LogP) is 2.16. The molecular formula is C18H34N6. The maximum absolute atomic E-state index is 4.41. The van der Waals surface area contributed by atoms with Crippen LogP contribution in [0.4, 0.5) is 0 Å². The van der Waals surface area contributed by atoms with Crippen molar-refractivity contribution in [3.63, 3.8) is 0 Å². The fourth-order valence-electron chi connectivity index (χ4n) is 3.51. The number of hydrogen-bond acceptors (Lipinski definition) is 3. The van der Waals surface area contributed by atoms with E-state index in [-0.39, 0.29) is 6.04 Å². The molecule has 1 fully saturated rings. The van der Waals surface area contributed by atoms with Gasteiger partial charge in [-0.25, -0.2) is 0 Å². The highest BCUT2D eigenvalue weighted by Gasteiger charge is 2.21. The van der Waals surface area contributed by atoms with Gasteiger partial charge in [0.25, 0.3) is 0 Å². The standard InChI is InChI=1S/C18H34N6/c1-6-14-7-9-16(10-8-14)22-18(19-2)20-12-17(23(3)4)15-11-21-24(5)13-15/h11,13-14,16-17H,6-10,12H2,1-5H3,(H2,19,20,22). The first-order chi connectivity index (χ1) is 11.5. The van der Waals surface area contributed by atoms with E-state index in [2.05, 4.69) is 52.8 Å². The highest BCUT2D eigenvalue weighted by Crippen LogP contribution is 2.26. The predicted molar refractivity (Wildman–Crippen MR) is 100 cm³/mol. The van der Waals surface area contributed by atoms with Crippen molar-refractivity contribution in [1.29, 1.82) is 0 Å². The first kappa shape index (κ1) is 18.8. The van der Waals surface area contributed by atoms with E-state index < -0.39 is 0 Å². The molecule has 0 saturated heterocycles. The normalized spacial score (nSPS) is 23.3. The number of rotatable bonds is 6. The second-order valence-corrected chi connectivity index (χ2v) is 7.15. The molecule has 1 unspecified atom stereocenters. The van der Waals surface area contributed by atoms with Crippen LogP contribution in [-0.4, -0.2) is 54.4 Å². The highest BCUT2D eigenvalue weighted by atomic mass is 15.3. The molecule has 0 aromatic carbocycles. The van der Waals surface area contributed by atoms with Crippen LogP contribution in [0.5, 0.6) is 0 Å². The third-order valence-corrected chi connectivity index (χ3v) is 5.18. The Kier molecular flexibility index (Phi) is 7.09. The highest BCUT2D eigenvalue weighted by molar-refractivity contribution is 5.80. The first-order valence-electron chi connectivity index (χ1n) is 9.15. The van der Waals surface area contributed by atoms with Crippen molar-refractivity contribution in [3.05, 3.63) is 18.0 Å². The van der Waals surface area contributed by atoms with Crippen LogP contribution in [-0.2, 0) is 7.05 Å². The van der Waals surface area contributed by atoms with Gasteiger partial charge in [-0.05, 0) is 45.7 Å². The summed E-state index contributed by atoms with van der Waals surface area (Å²) < 4.78 is 1.85. The monoisotopic (exact) mass is 334 g/mol. The molecular weight excluding hydrogens is 300 g/mol. The van der Waals surface area contributed by atoms with E-state index in [1.54, 1.807) is 0 Å². The van der Waals surface area contributed by atoms with Crippen molar-refractivity contribution in [2.45, 2.75) is 51.1 Å². The zero-order chi connectivity index (χ0) is 17.5. The van der Waals surface area contributed by atoms with Gasteiger partial charge in [0, 0.05) is 38.4 Å². The van der Waals surface area contributed by atoms with Crippen LogP contribution in [0.3, 0.4) is 0 Å². The fourth-order valence-corrected chi connectivity index (χ4v) is 3.51. The van der Waals surface area contributed by atoms with E-state index in [0.29, 0.717) is 6.04 Å². The molecule has 1 heterocycles. The van der Waals surface area contributed by atoms with Crippen molar-refractivity contribution >= 4 is 5.96 Å². The topological polar surface area (TPSA) is 57.5 Å². The number of nitrogens with zero attached hydrogens (tertiary/aromatic N) is 4. The molecule has 136 valence electrons. The lowest BCUT2D eigenvalue weighted by Crippen LogP contribution is -2.46. The van der Waals surface area contributed by atoms with E-state index >= 15 is 0 Å². The molecule has 0 aliphatic heterocycles. The van der Waals surface area contributed by atoms with Crippen LogP contribution >= 0.6 is 0 Å². The number of guanidine groups is 1. The lowest BCUT2D eigenvalue weighted by Gasteiger charge is -2.30. The Morgan fingerprint density at radius 1 is 1.38 bits per heavy atom. The summed E-state index contributed by atoms with van der Waals surface area (Å²) in [6.45, 7) is 3.11. The summed E-state index contributed by atoms with van der Waals surface area (Å²) in [6, 6.07) is 0.822. The number of aryl methyl sites for hydroxylation is 1. The number of likely N-dealkylation sites (N-methyl/N-ethyl adjacent to an activating group) is 1. The molecule has 1 aliphatic rings. The molecule has 0 spiro atoms. The molecule has 1 aromatic rings. The van der Waals surface area contributed by atoms with Crippen molar-refractivity contribution < 1.29 is 0 Å². The summed E-state index contributed by atoms with van der Waals surface area (Å²) in [5.41, 5.74) is 1.22. The second-order valence-electron chi connectivity index (χ2n) is 7.15. The number of aromatic nitrogens is 2. The Morgan fingerprint density at radius 2 is 2.08 bits per heavy atom. The van der Waals surface area contributed by atoms with Gasteiger partial charge in [-0.2, -0.15) is 5.10 Å². The molecule has 1 aromatic heterocycles. The van der Waals surface area contributed by atoms with Crippen LogP contribution in [0.15, 0.2) is 17.4 Å². The zero-order valence-electron chi connectivity index (χ0n) is 15.9. The maximum atomic E-state index is 4.41. The minimum atomic E-state index is 0.271. The van der Waals surface area contributed by atoms with Gasteiger partial charge in [-0.1, -0.05) is 13.3 Å². The fraction of sp³-hybridized carbons (Fsp3) is 0.778. The number of hydrogen-bond donors (Lipinski definition) is 2. The summed E-state index contributed by atoms with van der Waals surface area (Å²) in [7, 11) is 8.00. The molecule has 1 atom stereocenters. The van der Waals surface area contributed by atoms with Gasteiger partial charge in [0.05, 0.1) is 12.2 Å². The van der Waals surface area contributed by atoms with Gasteiger partial charge in [0.1, 0.15) is 0 Å². The molecule has 2 rings (SSSR count). The quantitative estimate of drug-likeness (QED) is 0.618. The van der Waals surface area contributed by atoms with E-state index in [0.717, 1.165) is 18.4 Å². The Bertz CT molecular complexity index is 513. The Balaban J connectivity index is 1.86. The second kappa shape index (κ2) is 9.06. The molecule has 0 bridgehead atoms. The maximum Gasteiger partial charge on any atom is 0.191 e. The zero-order valence-corrected chi connectivity index (χ0v) is 15.9. The summed E-state index contributed by atoms with van der Waals surface area (Å²) in [5.74, 6) is 1.83. The number of nitrogens with one attached hydrogen (secondary N) is 2. The summed E-state index contributed by atoms with van der Waals surface area (Å²) >= 11 is 0. The Hall–Kier alpha value is -1.56. The lowest BCUT2D eigenvalue weighted by atomic mass is 9.84. The summed E-state index contributed by atoms with van der Waals surface area (Å²) in [5, 5.41) is 11.4. The minimum absolute atomic E-state index is 0.271. The minimum Gasteiger partial charge on any atom is -0.354 e. The molecule has 0 amide bonds. The van der Waals surface area contributed by atoms with Gasteiger partial charge < -0.3 is 15.5 Å². The average molecular weight is 335 g/mol. The molecule has 1 aliphatic carbocycles. The van der Waals surface area contributed by atoms with Gasteiger partial charge >= 0.3 is 0 Å². The van der Waals surface area contributed by atoms with Gasteiger partial charge in [0.2, 0.25) is 0 Å². The van der Waals surface area contributed by atoms with E-state index in [1.807, 2.05) is 25.0 Å².